The minimum absolute atomic E-state index is 0.0347. The Kier molecular flexibility index (Phi) is 5.53. The Morgan fingerprint density at radius 2 is 2.27 bits per heavy atom. The maximum absolute atomic E-state index is 11.4. The first-order chi connectivity index (χ1) is 7.13. The van der Waals surface area contributed by atoms with Gasteiger partial charge < -0.3 is 4.74 Å². The summed E-state index contributed by atoms with van der Waals surface area (Å²) in [6.45, 7) is 3.85. The van der Waals surface area contributed by atoms with E-state index in [0.29, 0.717) is 11.9 Å². The molecule has 15 heavy (non-hydrogen) atoms. The molecule has 0 N–H and O–H groups in total. The van der Waals surface area contributed by atoms with E-state index in [0.717, 1.165) is 17.9 Å². The summed E-state index contributed by atoms with van der Waals surface area (Å²) < 4.78 is 4.97. The summed E-state index contributed by atoms with van der Waals surface area (Å²) in [5.41, 5.74) is 0. The summed E-state index contributed by atoms with van der Waals surface area (Å²) in [5.74, 6) is 1.60. The largest absolute Gasteiger partial charge is 0.466 e. The van der Waals surface area contributed by atoms with Crippen molar-refractivity contribution < 1.29 is 14.3 Å². The minimum Gasteiger partial charge on any atom is -0.466 e. The van der Waals surface area contributed by atoms with Crippen molar-refractivity contribution in [3.63, 3.8) is 0 Å². The van der Waals surface area contributed by atoms with Crippen LogP contribution in [0.2, 0.25) is 0 Å². The highest BCUT2D eigenvalue weighted by Crippen LogP contribution is 2.34. The zero-order chi connectivity index (χ0) is 11.3. The van der Waals surface area contributed by atoms with Crippen LogP contribution in [0.5, 0.6) is 0 Å². The van der Waals surface area contributed by atoms with Gasteiger partial charge in [-0.1, -0.05) is 11.8 Å². The summed E-state index contributed by atoms with van der Waals surface area (Å²) in [6, 6.07) is 0. The number of rotatable bonds is 4. The van der Waals surface area contributed by atoms with Crippen LogP contribution in [0.4, 0.5) is 0 Å². The number of esters is 1. The molecule has 0 aromatic carbocycles. The first-order valence-corrected chi connectivity index (χ1v) is 7.08. The van der Waals surface area contributed by atoms with Crippen molar-refractivity contribution in [3.05, 3.63) is 0 Å². The van der Waals surface area contributed by atoms with Crippen LogP contribution in [0.1, 0.15) is 20.3 Å². The molecular formula is C10H16O3S2. The molecule has 0 aromatic heterocycles. The van der Waals surface area contributed by atoms with Gasteiger partial charge in [0.05, 0.1) is 12.5 Å². The number of carbonyl (C=O) groups excluding carboxylic acids is 2. The van der Waals surface area contributed by atoms with Crippen molar-refractivity contribution in [3.8, 4) is 0 Å². The van der Waals surface area contributed by atoms with E-state index in [1.165, 1.54) is 11.8 Å². The zero-order valence-corrected chi connectivity index (χ0v) is 10.7. The normalized spacial score (nSPS) is 25.2. The molecule has 0 amide bonds. The molecule has 1 heterocycles. The van der Waals surface area contributed by atoms with Crippen molar-refractivity contribution in [2.24, 2.45) is 5.92 Å². The average Bonchev–Trinajstić information content (AvgIpc) is 2.63. The van der Waals surface area contributed by atoms with E-state index in [9.17, 15) is 9.59 Å². The van der Waals surface area contributed by atoms with Gasteiger partial charge in [0.25, 0.3) is 0 Å². The lowest BCUT2D eigenvalue weighted by Crippen LogP contribution is -2.18. The first kappa shape index (κ1) is 12.9. The topological polar surface area (TPSA) is 43.4 Å². The molecule has 1 aliphatic rings. The van der Waals surface area contributed by atoms with E-state index in [4.69, 9.17) is 4.74 Å². The minimum atomic E-state index is -0.0830. The van der Waals surface area contributed by atoms with Crippen molar-refractivity contribution in [2.75, 3.05) is 18.1 Å². The molecular weight excluding hydrogens is 232 g/mol. The summed E-state index contributed by atoms with van der Waals surface area (Å²) in [5, 5.41) is 0.573. The number of ether oxygens (including phenoxy) is 1. The van der Waals surface area contributed by atoms with Gasteiger partial charge in [-0.2, -0.15) is 11.8 Å². The maximum Gasteiger partial charge on any atom is 0.309 e. The lowest BCUT2D eigenvalue weighted by molar-refractivity contribution is -0.147. The second kappa shape index (κ2) is 6.43. The highest BCUT2D eigenvalue weighted by Gasteiger charge is 2.31. The molecule has 0 radical (unpaired) electrons. The Bertz CT molecular complexity index is 243. The number of hydrogen-bond acceptors (Lipinski definition) is 5. The lowest BCUT2D eigenvalue weighted by Gasteiger charge is -2.08. The van der Waals surface area contributed by atoms with Gasteiger partial charge in [-0.15, -0.1) is 0 Å². The fourth-order valence-corrected chi connectivity index (χ4v) is 3.75. The molecule has 1 aliphatic heterocycles. The van der Waals surface area contributed by atoms with Crippen LogP contribution in [0.15, 0.2) is 0 Å². The Morgan fingerprint density at radius 1 is 1.53 bits per heavy atom. The van der Waals surface area contributed by atoms with Crippen molar-refractivity contribution in [2.45, 2.75) is 25.5 Å². The molecule has 0 saturated carbocycles. The lowest BCUT2D eigenvalue weighted by atomic mass is 10.1. The van der Waals surface area contributed by atoms with Crippen LogP contribution in [0.25, 0.3) is 0 Å². The van der Waals surface area contributed by atoms with Crippen molar-refractivity contribution >= 4 is 34.6 Å². The molecule has 5 heteroatoms. The molecule has 1 fully saturated rings. The predicted octanol–water partition coefficient (Wildman–Crippen LogP) is 1.95. The molecule has 0 aliphatic carbocycles. The van der Waals surface area contributed by atoms with E-state index >= 15 is 0 Å². The Morgan fingerprint density at radius 3 is 2.87 bits per heavy atom. The van der Waals surface area contributed by atoms with Gasteiger partial charge in [0.15, 0.2) is 5.12 Å². The van der Waals surface area contributed by atoms with Gasteiger partial charge in [-0.3, -0.25) is 9.59 Å². The maximum atomic E-state index is 11.4. The highest BCUT2D eigenvalue weighted by molar-refractivity contribution is 8.14. The SMILES string of the molecule is CCOC(=O)C1CSC(CSC(C)=O)C1. The third-order valence-electron chi connectivity index (χ3n) is 2.17. The summed E-state index contributed by atoms with van der Waals surface area (Å²) >= 11 is 3.12. The van der Waals surface area contributed by atoms with Gasteiger partial charge in [0, 0.05) is 23.7 Å². The fourth-order valence-electron chi connectivity index (χ4n) is 1.46. The summed E-state index contributed by atoms with van der Waals surface area (Å²) in [6.07, 6.45) is 0.851. The van der Waals surface area contributed by atoms with Crippen LogP contribution in [0, 0.1) is 5.92 Å². The van der Waals surface area contributed by atoms with Crippen LogP contribution in [-0.4, -0.2) is 34.4 Å². The molecule has 1 rings (SSSR count). The van der Waals surface area contributed by atoms with Crippen LogP contribution in [0.3, 0.4) is 0 Å². The van der Waals surface area contributed by atoms with E-state index in [1.807, 2.05) is 6.92 Å². The van der Waals surface area contributed by atoms with Crippen LogP contribution in [-0.2, 0) is 14.3 Å². The van der Waals surface area contributed by atoms with E-state index in [1.54, 1.807) is 18.7 Å². The third kappa shape index (κ3) is 4.47. The molecule has 0 bridgehead atoms. The standard InChI is InChI=1S/C10H16O3S2/c1-3-13-10(12)8-4-9(15-5-8)6-14-7(2)11/h8-9H,3-6H2,1-2H3. The van der Waals surface area contributed by atoms with Gasteiger partial charge in [0.2, 0.25) is 0 Å². The molecule has 2 atom stereocenters. The number of hydrogen-bond donors (Lipinski definition) is 0. The van der Waals surface area contributed by atoms with E-state index in [-0.39, 0.29) is 17.0 Å². The molecule has 0 aromatic rings. The van der Waals surface area contributed by atoms with E-state index < -0.39 is 0 Å². The molecule has 0 spiro atoms. The molecule has 86 valence electrons. The van der Waals surface area contributed by atoms with Crippen molar-refractivity contribution in [1.82, 2.24) is 0 Å². The van der Waals surface area contributed by atoms with Gasteiger partial charge >= 0.3 is 5.97 Å². The Hall–Kier alpha value is -0.160. The monoisotopic (exact) mass is 248 g/mol. The van der Waals surface area contributed by atoms with E-state index in [2.05, 4.69) is 0 Å². The molecule has 2 unspecified atom stereocenters. The zero-order valence-electron chi connectivity index (χ0n) is 9.02. The smallest absolute Gasteiger partial charge is 0.309 e. The second-order valence-electron chi connectivity index (χ2n) is 3.44. The van der Waals surface area contributed by atoms with Gasteiger partial charge in [-0.05, 0) is 13.3 Å². The van der Waals surface area contributed by atoms with Gasteiger partial charge in [0.1, 0.15) is 0 Å². The predicted molar refractivity (Wildman–Crippen MR) is 64.1 cm³/mol. The number of thioether (sulfide) groups is 2. The molecule has 3 nitrogen and oxygen atoms in total. The van der Waals surface area contributed by atoms with Crippen LogP contribution < -0.4 is 0 Å². The van der Waals surface area contributed by atoms with Crippen LogP contribution >= 0.6 is 23.5 Å². The highest BCUT2D eigenvalue weighted by atomic mass is 32.2. The average molecular weight is 248 g/mol. The van der Waals surface area contributed by atoms with Gasteiger partial charge in [-0.25, -0.2) is 0 Å². The summed E-state index contributed by atoms with van der Waals surface area (Å²) in [4.78, 5) is 22.2. The second-order valence-corrected chi connectivity index (χ2v) is 5.97. The Balaban J connectivity index is 2.26. The van der Waals surface area contributed by atoms with Crippen molar-refractivity contribution in [1.29, 1.82) is 0 Å². The quantitative estimate of drug-likeness (QED) is 0.711. The molecule has 1 saturated heterocycles. The summed E-state index contributed by atoms with van der Waals surface area (Å²) in [7, 11) is 0. The fraction of sp³-hybridized carbons (Fsp3) is 0.800. The number of carbonyl (C=O) groups is 2. The third-order valence-corrected chi connectivity index (χ3v) is 4.78. The first-order valence-electron chi connectivity index (χ1n) is 5.05. The Labute approximate surface area is 98.7 Å².